The second-order valence-corrected chi connectivity index (χ2v) is 11.4. The van der Waals surface area contributed by atoms with Gasteiger partial charge in [-0.1, -0.05) is 31.2 Å². The molecule has 8 heteroatoms. The van der Waals surface area contributed by atoms with Crippen LogP contribution in [0.2, 0.25) is 0 Å². The maximum atomic E-state index is 14.3. The van der Waals surface area contributed by atoms with Crippen LogP contribution in [-0.4, -0.2) is 50.9 Å². The molecule has 0 radical (unpaired) electrons. The molecule has 0 saturated carbocycles. The van der Waals surface area contributed by atoms with Crippen LogP contribution in [0, 0.1) is 17.7 Å². The number of para-hydroxylation sites is 1. The molecule has 34 heavy (non-hydrogen) atoms. The first-order chi connectivity index (χ1) is 15.7. The Morgan fingerprint density at radius 3 is 2.35 bits per heavy atom. The quantitative estimate of drug-likeness (QED) is 0.645. The second kappa shape index (κ2) is 7.63. The Morgan fingerprint density at radius 2 is 1.76 bits per heavy atom. The van der Waals surface area contributed by atoms with Crippen LogP contribution in [0.25, 0.3) is 0 Å². The molecule has 3 aliphatic rings. The Bertz CT molecular complexity index is 1080. The molecule has 2 saturated heterocycles. The summed E-state index contributed by atoms with van der Waals surface area (Å²) in [7, 11) is 0. The number of amides is 3. The van der Waals surface area contributed by atoms with E-state index in [1.165, 1.54) is 18.2 Å². The molecule has 184 valence electrons. The number of hydrogen-bond acceptors (Lipinski definition) is 4. The highest BCUT2D eigenvalue weighted by atomic mass is 19.1. The number of rotatable bonds is 5. The van der Waals surface area contributed by atoms with E-state index in [9.17, 15) is 18.8 Å². The standard InChI is InChI=1S/C26H34FN3O4/c1-8-24(5,6)30-19(21(32)29-23(2,3)4)26-14-13-25(7,34-26)17(18(26)22(30)33)20(31)28-16-12-10-9-11-15(16)27/h9-14,17-19H,8H2,1-7H3,(H,28,31)(H,29,32)/t17-,18+,19+,25-,26+/m1/s1. The van der Waals surface area contributed by atoms with E-state index in [0.29, 0.717) is 6.42 Å². The molecule has 3 aliphatic heterocycles. The van der Waals surface area contributed by atoms with Gasteiger partial charge in [0.2, 0.25) is 17.7 Å². The number of hydrogen-bond donors (Lipinski definition) is 2. The number of nitrogens with zero attached hydrogens (tertiary/aromatic N) is 1. The smallest absolute Gasteiger partial charge is 0.246 e. The van der Waals surface area contributed by atoms with E-state index in [2.05, 4.69) is 10.6 Å². The van der Waals surface area contributed by atoms with Gasteiger partial charge in [0.15, 0.2) is 0 Å². The van der Waals surface area contributed by atoms with Gasteiger partial charge < -0.3 is 20.3 Å². The molecule has 7 nitrogen and oxygen atoms in total. The number of likely N-dealkylation sites (tertiary alicyclic amines) is 1. The number of halogens is 1. The summed E-state index contributed by atoms with van der Waals surface area (Å²) in [6.45, 7) is 13.1. The van der Waals surface area contributed by atoms with Crippen molar-refractivity contribution in [1.29, 1.82) is 0 Å². The Kier molecular flexibility index (Phi) is 5.47. The fraction of sp³-hybridized carbons (Fsp3) is 0.577. The van der Waals surface area contributed by atoms with Gasteiger partial charge in [-0.3, -0.25) is 14.4 Å². The second-order valence-electron chi connectivity index (χ2n) is 11.4. The minimum absolute atomic E-state index is 0.0371. The Labute approximate surface area is 200 Å². The summed E-state index contributed by atoms with van der Waals surface area (Å²) >= 11 is 0. The zero-order valence-corrected chi connectivity index (χ0v) is 20.9. The van der Waals surface area contributed by atoms with Gasteiger partial charge in [-0.15, -0.1) is 0 Å². The van der Waals surface area contributed by atoms with Gasteiger partial charge >= 0.3 is 0 Å². The lowest BCUT2D eigenvalue weighted by atomic mass is 9.70. The molecular formula is C26H34FN3O4. The number of benzene rings is 1. The van der Waals surface area contributed by atoms with Gasteiger partial charge in [0.05, 0.1) is 23.1 Å². The van der Waals surface area contributed by atoms with Gasteiger partial charge in [-0.05, 0) is 60.1 Å². The Balaban J connectivity index is 1.79. The van der Waals surface area contributed by atoms with Crippen molar-refractivity contribution in [3.8, 4) is 0 Å². The number of nitrogens with one attached hydrogen (secondary N) is 2. The molecule has 3 heterocycles. The summed E-state index contributed by atoms with van der Waals surface area (Å²) in [5.74, 6) is -3.54. The summed E-state index contributed by atoms with van der Waals surface area (Å²) in [5, 5.41) is 5.65. The van der Waals surface area contributed by atoms with Gasteiger partial charge in [-0.25, -0.2) is 4.39 Å². The van der Waals surface area contributed by atoms with Crippen LogP contribution in [0.15, 0.2) is 36.4 Å². The zero-order chi connectivity index (χ0) is 25.3. The molecule has 2 fully saturated rings. The van der Waals surface area contributed by atoms with Crippen LogP contribution >= 0.6 is 0 Å². The van der Waals surface area contributed by atoms with Crippen LogP contribution in [0.3, 0.4) is 0 Å². The number of carbonyl (C=O) groups is 3. The molecule has 5 atom stereocenters. The first-order valence-electron chi connectivity index (χ1n) is 11.8. The molecule has 1 aromatic carbocycles. The highest BCUT2D eigenvalue weighted by molar-refractivity contribution is 6.03. The number of anilines is 1. The molecule has 0 aromatic heterocycles. The maximum absolute atomic E-state index is 14.3. The van der Waals surface area contributed by atoms with Gasteiger partial charge in [-0.2, -0.15) is 0 Å². The van der Waals surface area contributed by atoms with E-state index >= 15 is 0 Å². The molecule has 1 spiro atoms. The minimum atomic E-state index is -1.29. The molecule has 0 unspecified atom stereocenters. The van der Waals surface area contributed by atoms with E-state index in [1.54, 1.807) is 30.0 Å². The van der Waals surface area contributed by atoms with Crippen molar-refractivity contribution in [1.82, 2.24) is 10.2 Å². The third kappa shape index (κ3) is 3.54. The van der Waals surface area contributed by atoms with Crippen LogP contribution in [-0.2, 0) is 19.1 Å². The molecule has 0 aliphatic carbocycles. The van der Waals surface area contributed by atoms with Gasteiger partial charge in [0.25, 0.3) is 0 Å². The van der Waals surface area contributed by atoms with Crippen LogP contribution in [0.1, 0.15) is 54.9 Å². The fourth-order valence-corrected chi connectivity index (χ4v) is 5.56. The topological polar surface area (TPSA) is 87.7 Å². The summed E-state index contributed by atoms with van der Waals surface area (Å²) < 4.78 is 20.7. The monoisotopic (exact) mass is 471 g/mol. The molecule has 2 N–H and O–H groups in total. The highest BCUT2D eigenvalue weighted by Gasteiger charge is 2.77. The predicted molar refractivity (Wildman–Crippen MR) is 126 cm³/mol. The summed E-state index contributed by atoms with van der Waals surface area (Å²) in [6, 6.07) is 4.95. The predicted octanol–water partition coefficient (Wildman–Crippen LogP) is 3.41. The lowest BCUT2D eigenvalue weighted by molar-refractivity contribution is -0.151. The van der Waals surface area contributed by atoms with Crippen molar-refractivity contribution in [3.05, 3.63) is 42.2 Å². The third-order valence-corrected chi connectivity index (χ3v) is 7.38. The average Bonchev–Trinajstić information content (AvgIpc) is 3.29. The minimum Gasteiger partial charge on any atom is -0.356 e. The third-order valence-electron chi connectivity index (χ3n) is 7.38. The first kappa shape index (κ1) is 24.4. The van der Waals surface area contributed by atoms with E-state index in [1.807, 2.05) is 41.5 Å². The highest BCUT2D eigenvalue weighted by Crippen LogP contribution is 2.61. The molecule has 4 rings (SSSR count). The maximum Gasteiger partial charge on any atom is 0.246 e. The van der Waals surface area contributed by atoms with E-state index in [-0.39, 0.29) is 17.5 Å². The van der Waals surface area contributed by atoms with Crippen molar-refractivity contribution in [2.24, 2.45) is 11.8 Å². The zero-order valence-electron chi connectivity index (χ0n) is 20.9. The van der Waals surface area contributed by atoms with Crippen LogP contribution < -0.4 is 10.6 Å². The number of fused-ring (bicyclic) bond motifs is 1. The van der Waals surface area contributed by atoms with Crippen molar-refractivity contribution in [2.75, 3.05) is 5.32 Å². The van der Waals surface area contributed by atoms with E-state index < -0.39 is 51.9 Å². The summed E-state index contributed by atoms with van der Waals surface area (Å²) in [4.78, 5) is 42.8. The van der Waals surface area contributed by atoms with E-state index in [4.69, 9.17) is 4.74 Å². The first-order valence-corrected chi connectivity index (χ1v) is 11.8. The SMILES string of the molecule is CCC(C)(C)N1C(=O)[C@@H]2[C@H](C(=O)Nc3ccccc3F)[C@@]3(C)C=C[C@@]2(O3)[C@@H]1C(=O)NC(C)(C)C. The van der Waals surface area contributed by atoms with Crippen LogP contribution in [0.5, 0.6) is 0 Å². The van der Waals surface area contributed by atoms with Crippen molar-refractivity contribution in [3.63, 3.8) is 0 Å². The Morgan fingerprint density at radius 1 is 1.12 bits per heavy atom. The molecule has 3 amide bonds. The Hall–Kier alpha value is -2.74. The number of carbonyl (C=O) groups excluding carboxylic acids is 3. The average molecular weight is 472 g/mol. The lowest BCUT2D eigenvalue weighted by Gasteiger charge is -2.42. The van der Waals surface area contributed by atoms with E-state index in [0.717, 1.165) is 0 Å². The normalized spacial score (nSPS) is 32.2. The van der Waals surface area contributed by atoms with Crippen LogP contribution in [0.4, 0.5) is 10.1 Å². The van der Waals surface area contributed by atoms with Crippen molar-refractivity contribution in [2.45, 2.75) is 83.2 Å². The van der Waals surface area contributed by atoms with Gasteiger partial charge in [0, 0.05) is 11.1 Å². The van der Waals surface area contributed by atoms with Crippen molar-refractivity contribution >= 4 is 23.4 Å². The van der Waals surface area contributed by atoms with Crippen molar-refractivity contribution < 1.29 is 23.5 Å². The summed E-state index contributed by atoms with van der Waals surface area (Å²) in [6.07, 6.45) is 4.15. The van der Waals surface area contributed by atoms with Gasteiger partial charge in [0.1, 0.15) is 17.5 Å². The number of ether oxygens (including phenoxy) is 1. The largest absolute Gasteiger partial charge is 0.356 e. The molecule has 2 bridgehead atoms. The molecule has 1 aromatic rings. The summed E-state index contributed by atoms with van der Waals surface area (Å²) in [5.41, 5.74) is -3.53. The fourth-order valence-electron chi connectivity index (χ4n) is 5.56. The lowest BCUT2D eigenvalue weighted by Crippen LogP contribution is -2.62. The molecular weight excluding hydrogens is 437 g/mol.